The number of urea groups is 1. The summed E-state index contributed by atoms with van der Waals surface area (Å²) < 4.78 is 27.0. The summed E-state index contributed by atoms with van der Waals surface area (Å²) in [5.41, 5.74) is 0.749. The Balaban J connectivity index is 1.60. The Morgan fingerprint density at radius 1 is 1.08 bits per heavy atom. The van der Waals surface area contributed by atoms with Gasteiger partial charge in [0.05, 0.1) is 4.90 Å². The Morgan fingerprint density at radius 3 is 2.33 bits per heavy atom. The minimum Gasteiger partial charge on any atom is -0.335 e. The molecule has 0 unspecified atom stereocenters. The van der Waals surface area contributed by atoms with Gasteiger partial charge in [-0.3, -0.25) is 0 Å². The number of carbonyl (C=O) groups excluding carboxylic acids is 1. The summed E-state index contributed by atoms with van der Waals surface area (Å²) in [6.07, 6.45) is 4.45. The van der Waals surface area contributed by atoms with E-state index in [4.69, 9.17) is 0 Å². The topological polar surface area (TPSA) is 69.7 Å². The molecule has 24 heavy (non-hydrogen) atoms. The fourth-order valence-electron chi connectivity index (χ4n) is 3.45. The molecule has 1 saturated carbocycles. The van der Waals surface area contributed by atoms with E-state index in [2.05, 4.69) is 5.32 Å². The number of sulfonamides is 1. The molecule has 2 fully saturated rings. The van der Waals surface area contributed by atoms with Crippen LogP contribution in [0.15, 0.2) is 29.2 Å². The third-order valence-electron chi connectivity index (χ3n) is 4.92. The zero-order valence-corrected chi connectivity index (χ0v) is 14.9. The van der Waals surface area contributed by atoms with Crippen molar-refractivity contribution >= 4 is 16.1 Å². The molecule has 0 aromatic heterocycles. The molecule has 0 spiro atoms. The van der Waals surface area contributed by atoms with Gasteiger partial charge in [-0.1, -0.05) is 31.0 Å². The highest BCUT2D eigenvalue weighted by Gasteiger charge is 2.31. The molecule has 1 saturated heterocycles. The second-order valence-corrected chi connectivity index (χ2v) is 8.49. The minimum atomic E-state index is -3.49. The van der Waals surface area contributed by atoms with E-state index in [0.29, 0.717) is 31.1 Å². The number of piperazine rings is 1. The molecule has 7 heteroatoms. The van der Waals surface area contributed by atoms with Crippen LogP contribution in [0.4, 0.5) is 4.79 Å². The van der Waals surface area contributed by atoms with Crippen molar-refractivity contribution in [3.63, 3.8) is 0 Å². The predicted octanol–water partition coefficient (Wildman–Crippen LogP) is 1.95. The van der Waals surface area contributed by atoms with Gasteiger partial charge < -0.3 is 10.2 Å². The lowest BCUT2D eigenvalue weighted by Gasteiger charge is -2.34. The van der Waals surface area contributed by atoms with E-state index in [1.165, 1.54) is 17.1 Å². The summed E-state index contributed by atoms with van der Waals surface area (Å²) in [6.45, 7) is 3.36. The molecule has 1 aromatic rings. The van der Waals surface area contributed by atoms with Crippen LogP contribution in [0.1, 0.15) is 31.2 Å². The third-order valence-corrected chi connectivity index (χ3v) is 6.98. The molecule has 3 rings (SSSR count). The first-order valence-corrected chi connectivity index (χ1v) is 10.0. The standard InChI is InChI=1S/C17H25N3O3S/c1-14-6-2-5-9-16(14)24(22,23)20-12-10-19(11-13-20)17(21)18-15-7-3-4-8-15/h2,5-6,9,15H,3-4,7-8,10-13H2,1H3,(H,18,21). The monoisotopic (exact) mass is 351 g/mol. The molecule has 6 nitrogen and oxygen atoms in total. The molecule has 1 aromatic carbocycles. The van der Waals surface area contributed by atoms with Gasteiger partial charge in [0, 0.05) is 32.2 Å². The summed E-state index contributed by atoms with van der Waals surface area (Å²) in [5.74, 6) is 0. The molecular weight excluding hydrogens is 326 g/mol. The Hall–Kier alpha value is -1.60. The van der Waals surface area contributed by atoms with Crippen LogP contribution in [-0.4, -0.2) is 55.9 Å². The first-order chi connectivity index (χ1) is 11.5. The van der Waals surface area contributed by atoms with E-state index in [0.717, 1.165) is 18.4 Å². The van der Waals surface area contributed by atoms with Gasteiger partial charge in [-0.25, -0.2) is 13.2 Å². The second kappa shape index (κ2) is 7.11. The average Bonchev–Trinajstić information content (AvgIpc) is 3.08. The Bertz CT molecular complexity index is 691. The molecule has 2 amide bonds. The van der Waals surface area contributed by atoms with Crippen LogP contribution < -0.4 is 5.32 Å². The van der Waals surface area contributed by atoms with Crippen molar-refractivity contribution in [1.29, 1.82) is 0 Å². The lowest BCUT2D eigenvalue weighted by atomic mass is 10.2. The number of rotatable bonds is 3. The maximum absolute atomic E-state index is 12.8. The van der Waals surface area contributed by atoms with Crippen LogP contribution in [-0.2, 0) is 10.0 Å². The molecule has 1 N–H and O–H groups in total. The SMILES string of the molecule is Cc1ccccc1S(=O)(=O)N1CCN(C(=O)NC2CCCC2)CC1. The quantitative estimate of drug-likeness (QED) is 0.905. The minimum absolute atomic E-state index is 0.0603. The molecule has 0 atom stereocenters. The molecule has 1 aliphatic heterocycles. The van der Waals surface area contributed by atoms with Gasteiger partial charge in [0.25, 0.3) is 0 Å². The number of hydrogen-bond acceptors (Lipinski definition) is 3. The fourth-order valence-corrected chi connectivity index (χ4v) is 5.10. The third kappa shape index (κ3) is 3.57. The highest BCUT2D eigenvalue weighted by Crippen LogP contribution is 2.21. The first-order valence-electron chi connectivity index (χ1n) is 8.60. The Morgan fingerprint density at radius 2 is 1.71 bits per heavy atom. The van der Waals surface area contributed by atoms with Gasteiger partial charge in [0.1, 0.15) is 0 Å². The normalized spacial score (nSPS) is 20.3. The summed E-state index contributed by atoms with van der Waals surface area (Å²) in [4.78, 5) is 14.4. The van der Waals surface area contributed by atoms with Crippen molar-refractivity contribution in [3.05, 3.63) is 29.8 Å². The fraction of sp³-hybridized carbons (Fsp3) is 0.588. The van der Waals surface area contributed by atoms with Crippen molar-refractivity contribution in [2.45, 2.75) is 43.5 Å². The molecule has 132 valence electrons. The summed E-state index contributed by atoms with van der Waals surface area (Å²) >= 11 is 0. The van der Waals surface area contributed by atoms with Gasteiger partial charge >= 0.3 is 6.03 Å². The smallest absolute Gasteiger partial charge is 0.317 e. The zero-order valence-electron chi connectivity index (χ0n) is 14.1. The number of nitrogens with one attached hydrogen (secondary N) is 1. The number of nitrogens with zero attached hydrogens (tertiary/aromatic N) is 2. The molecular formula is C17H25N3O3S. The molecule has 0 bridgehead atoms. The number of aryl methyl sites for hydroxylation is 1. The van der Waals surface area contributed by atoms with Crippen LogP contribution in [0.3, 0.4) is 0 Å². The highest BCUT2D eigenvalue weighted by molar-refractivity contribution is 7.89. The van der Waals surface area contributed by atoms with Gasteiger partial charge in [-0.15, -0.1) is 0 Å². The molecule has 1 heterocycles. The van der Waals surface area contributed by atoms with Gasteiger partial charge in [0.15, 0.2) is 0 Å². The van der Waals surface area contributed by atoms with E-state index in [-0.39, 0.29) is 12.1 Å². The maximum atomic E-state index is 12.8. The Labute approximate surface area is 143 Å². The number of amides is 2. The van der Waals surface area contributed by atoms with Crippen LogP contribution >= 0.6 is 0 Å². The largest absolute Gasteiger partial charge is 0.335 e. The van der Waals surface area contributed by atoms with E-state index in [1.54, 1.807) is 30.0 Å². The number of benzene rings is 1. The molecule has 1 aliphatic carbocycles. The Kier molecular flexibility index (Phi) is 5.10. The highest BCUT2D eigenvalue weighted by atomic mass is 32.2. The lowest BCUT2D eigenvalue weighted by molar-refractivity contribution is 0.169. The summed E-state index contributed by atoms with van der Waals surface area (Å²) in [6, 6.07) is 7.24. The summed E-state index contributed by atoms with van der Waals surface area (Å²) in [7, 11) is -3.49. The summed E-state index contributed by atoms with van der Waals surface area (Å²) in [5, 5.41) is 3.06. The van der Waals surface area contributed by atoms with Crippen molar-refractivity contribution in [2.75, 3.05) is 26.2 Å². The first kappa shape index (κ1) is 17.2. The predicted molar refractivity (Wildman–Crippen MR) is 92.3 cm³/mol. The lowest BCUT2D eigenvalue weighted by Crippen LogP contribution is -2.54. The van der Waals surface area contributed by atoms with Crippen molar-refractivity contribution in [1.82, 2.24) is 14.5 Å². The molecule has 0 radical (unpaired) electrons. The van der Waals surface area contributed by atoms with Crippen molar-refractivity contribution in [3.8, 4) is 0 Å². The molecule has 2 aliphatic rings. The maximum Gasteiger partial charge on any atom is 0.317 e. The number of hydrogen-bond donors (Lipinski definition) is 1. The van der Waals surface area contributed by atoms with E-state index in [1.807, 2.05) is 6.07 Å². The van der Waals surface area contributed by atoms with Crippen molar-refractivity contribution < 1.29 is 13.2 Å². The zero-order chi connectivity index (χ0) is 17.2. The average molecular weight is 351 g/mol. The van der Waals surface area contributed by atoms with E-state index >= 15 is 0 Å². The second-order valence-electron chi connectivity index (χ2n) is 6.59. The van der Waals surface area contributed by atoms with Crippen LogP contribution in [0.25, 0.3) is 0 Å². The number of carbonyl (C=O) groups is 1. The van der Waals surface area contributed by atoms with Crippen LogP contribution in [0, 0.1) is 6.92 Å². The van der Waals surface area contributed by atoms with E-state index < -0.39 is 10.0 Å². The van der Waals surface area contributed by atoms with Crippen LogP contribution in [0.2, 0.25) is 0 Å². The van der Waals surface area contributed by atoms with E-state index in [9.17, 15) is 13.2 Å². The van der Waals surface area contributed by atoms with Gasteiger partial charge in [-0.2, -0.15) is 4.31 Å². The van der Waals surface area contributed by atoms with Crippen LogP contribution in [0.5, 0.6) is 0 Å². The van der Waals surface area contributed by atoms with Gasteiger partial charge in [-0.05, 0) is 31.4 Å². The van der Waals surface area contributed by atoms with Gasteiger partial charge in [0.2, 0.25) is 10.0 Å². The van der Waals surface area contributed by atoms with Crippen molar-refractivity contribution in [2.24, 2.45) is 0 Å².